The van der Waals surface area contributed by atoms with Crippen molar-refractivity contribution in [2.75, 3.05) is 0 Å². The fourth-order valence-corrected chi connectivity index (χ4v) is 1.15. The van der Waals surface area contributed by atoms with Gasteiger partial charge in [0.15, 0.2) is 0 Å². The number of halogens is 1. The molecule has 0 atom stereocenters. The normalized spacial score (nSPS) is 9.30. The van der Waals surface area contributed by atoms with E-state index < -0.39 is 0 Å². The summed E-state index contributed by atoms with van der Waals surface area (Å²) in [7, 11) is 0. The van der Waals surface area contributed by atoms with E-state index >= 15 is 0 Å². The van der Waals surface area contributed by atoms with E-state index in [-0.39, 0.29) is 0 Å². The molecule has 1 rings (SSSR count). The van der Waals surface area contributed by atoms with Gasteiger partial charge in [0.2, 0.25) is 0 Å². The first kappa shape index (κ1) is 7.70. The number of benzene rings is 1. The van der Waals surface area contributed by atoms with Gasteiger partial charge in [-0.15, -0.1) is 0 Å². The minimum Gasteiger partial charge on any atom is -0.0931 e. The fourth-order valence-electron chi connectivity index (χ4n) is 0.754. The average Bonchev–Trinajstić information content (AvgIpc) is 1.94. The highest BCUT2D eigenvalue weighted by molar-refractivity contribution is 7.78. The van der Waals surface area contributed by atoms with Crippen molar-refractivity contribution < 1.29 is 0 Å². The van der Waals surface area contributed by atoms with E-state index in [0.717, 1.165) is 17.0 Å². The molecule has 0 radical (unpaired) electrons. The summed E-state index contributed by atoms with van der Waals surface area (Å²) in [6.45, 7) is 0. The minimum atomic E-state index is 0.773. The minimum absolute atomic E-state index is 0.773. The number of hydrogen-bond donors (Lipinski definition) is 0. The molecule has 0 N–H and O–H groups in total. The summed E-state index contributed by atoms with van der Waals surface area (Å²) in [4.78, 5) is 0. The standard InChI is InChI=1S/C8H7ClS/c9-8-4-2-1-3-7(8)5-6-10/h1-4,6H,5H2. The predicted molar refractivity (Wildman–Crippen MR) is 48.8 cm³/mol. The van der Waals surface area contributed by atoms with Gasteiger partial charge in [-0.05, 0) is 17.0 Å². The molecule has 0 nitrogen and oxygen atoms in total. The van der Waals surface area contributed by atoms with Crippen molar-refractivity contribution in [1.29, 1.82) is 0 Å². The third kappa shape index (κ3) is 1.79. The first-order valence-corrected chi connectivity index (χ1v) is 3.86. The Hall–Kier alpha value is -0.400. The molecule has 0 saturated carbocycles. The largest absolute Gasteiger partial charge is 0.0931 e. The Kier molecular flexibility index (Phi) is 2.84. The third-order valence-corrected chi connectivity index (χ3v) is 1.80. The predicted octanol–water partition coefficient (Wildman–Crippen LogP) is 2.88. The third-order valence-electron chi connectivity index (χ3n) is 1.26. The molecule has 0 heterocycles. The first-order chi connectivity index (χ1) is 4.84. The van der Waals surface area contributed by atoms with Gasteiger partial charge in [-0.2, -0.15) is 0 Å². The number of rotatable bonds is 2. The Balaban J connectivity index is 2.91. The second kappa shape index (κ2) is 3.69. The van der Waals surface area contributed by atoms with Crippen LogP contribution in [0.2, 0.25) is 5.02 Å². The van der Waals surface area contributed by atoms with Gasteiger partial charge < -0.3 is 0 Å². The number of thiocarbonyl (C=S) groups is 1. The zero-order valence-electron chi connectivity index (χ0n) is 5.38. The molecule has 0 saturated heterocycles. The molecule has 0 aliphatic rings. The summed E-state index contributed by atoms with van der Waals surface area (Å²) in [5.74, 6) is 0. The summed E-state index contributed by atoms with van der Waals surface area (Å²) in [6.07, 6.45) is 0.773. The Morgan fingerprint density at radius 3 is 2.70 bits per heavy atom. The van der Waals surface area contributed by atoms with E-state index in [1.54, 1.807) is 5.37 Å². The average molecular weight is 171 g/mol. The first-order valence-electron chi connectivity index (χ1n) is 3.01. The Morgan fingerprint density at radius 2 is 2.10 bits per heavy atom. The van der Waals surface area contributed by atoms with Crippen LogP contribution >= 0.6 is 23.8 Å². The van der Waals surface area contributed by atoms with Crippen LogP contribution in [0.15, 0.2) is 24.3 Å². The molecule has 2 heteroatoms. The molecular weight excluding hydrogens is 164 g/mol. The highest BCUT2D eigenvalue weighted by Crippen LogP contribution is 2.14. The van der Waals surface area contributed by atoms with Crippen molar-refractivity contribution in [2.24, 2.45) is 0 Å². The SMILES string of the molecule is S=CCc1ccccc1Cl. The van der Waals surface area contributed by atoms with Crippen molar-refractivity contribution in [2.45, 2.75) is 6.42 Å². The molecule has 0 bridgehead atoms. The monoisotopic (exact) mass is 170 g/mol. The fraction of sp³-hybridized carbons (Fsp3) is 0.125. The van der Waals surface area contributed by atoms with Gasteiger partial charge in [0.1, 0.15) is 0 Å². The molecule has 0 spiro atoms. The van der Waals surface area contributed by atoms with Gasteiger partial charge in [-0.1, -0.05) is 42.0 Å². The lowest BCUT2D eigenvalue weighted by Crippen LogP contribution is -1.83. The van der Waals surface area contributed by atoms with Crippen molar-refractivity contribution in [3.63, 3.8) is 0 Å². The van der Waals surface area contributed by atoms with E-state index in [4.69, 9.17) is 23.8 Å². The molecule has 10 heavy (non-hydrogen) atoms. The topological polar surface area (TPSA) is 0 Å². The highest BCUT2D eigenvalue weighted by Gasteiger charge is 1.93. The quantitative estimate of drug-likeness (QED) is 0.616. The lowest BCUT2D eigenvalue weighted by molar-refractivity contribution is 1.38. The lowest BCUT2D eigenvalue weighted by atomic mass is 10.2. The van der Waals surface area contributed by atoms with Crippen LogP contribution in [0.5, 0.6) is 0 Å². The molecule has 1 aromatic carbocycles. The van der Waals surface area contributed by atoms with E-state index in [2.05, 4.69) is 0 Å². The Morgan fingerprint density at radius 1 is 1.40 bits per heavy atom. The highest BCUT2D eigenvalue weighted by atomic mass is 35.5. The second-order valence-corrected chi connectivity index (χ2v) is 2.70. The van der Waals surface area contributed by atoms with Gasteiger partial charge in [0.25, 0.3) is 0 Å². The summed E-state index contributed by atoms with van der Waals surface area (Å²) >= 11 is 10.5. The summed E-state index contributed by atoms with van der Waals surface area (Å²) in [5, 5.41) is 2.48. The van der Waals surface area contributed by atoms with Crippen LogP contribution in [0.1, 0.15) is 5.56 Å². The molecule has 1 aromatic rings. The van der Waals surface area contributed by atoms with Gasteiger partial charge >= 0.3 is 0 Å². The van der Waals surface area contributed by atoms with Crippen LogP contribution in [0.4, 0.5) is 0 Å². The molecular formula is C8H7ClS. The van der Waals surface area contributed by atoms with E-state index in [9.17, 15) is 0 Å². The molecule has 0 unspecified atom stereocenters. The van der Waals surface area contributed by atoms with Crippen LogP contribution in [-0.4, -0.2) is 5.37 Å². The van der Waals surface area contributed by atoms with Gasteiger partial charge in [-0.3, -0.25) is 0 Å². The summed E-state index contributed by atoms with van der Waals surface area (Å²) in [6, 6.07) is 7.72. The van der Waals surface area contributed by atoms with E-state index in [0.29, 0.717) is 0 Å². The number of hydrogen-bond acceptors (Lipinski definition) is 1. The lowest BCUT2D eigenvalue weighted by Gasteiger charge is -1.96. The van der Waals surface area contributed by atoms with Crippen molar-refractivity contribution >= 4 is 29.2 Å². The maximum Gasteiger partial charge on any atom is 0.0441 e. The maximum atomic E-state index is 5.84. The van der Waals surface area contributed by atoms with Crippen molar-refractivity contribution in [1.82, 2.24) is 0 Å². The van der Waals surface area contributed by atoms with Crippen LogP contribution in [0, 0.1) is 0 Å². The maximum absolute atomic E-state index is 5.84. The summed E-state index contributed by atoms with van der Waals surface area (Å²) < 4.78 is 0. The van der Waals surface area contributed by atoms with Gasteiger partial charge in [0, 0.05) is 11.4 Å². The summed E-state index contributed by atoms with van der Waals surface area (Å²) in [5.41, 5.74) is 1.10. The van der Waals surface area contributed by atoms with Gasteiger partial charge in [0.05, 0.1) is 0 Å². The van der Waals surface area contributed by atoms with E-state index in [1.165, 1.54) is 0 Å². The molecule has 0 aliphatic carbocycles. The molecule has 52 valence electrons. The Bertz CT molecular complexity index is 232. The zero-order valence-corrected chi connectivity index (χ0v) is 6.95. The molecule has 0 amide bonds. The van der Waals surface area contributed by atoms with Gasteiger partial charge in [-0.25, -0.2) is 0 Å². The van der Waals surface area contributed by atoms with Crippen LogP contribution in [0.3, 0.4) is 0 Å². The molecule has 0 aliphatic heterocycles. The smallest absolute Gasteiger partial charge is 0.0441 e. The second-order valence-electron chi connectivity index (χ2n) is 1.96. The van der Waals surface area contributed by atoms with Crippen LogP contribution < -0.4 is 0 Å². The zero-order chi connectivity index (χ0) is 7.40. The van der Waals surface area contributed by atoms with Crippen molar-refractivity contribution in [3.05, 3.63) is 34.9 Å². The van der Waals surface area contributed by atoms with Crippen LogP contribution in [-0.2, 0) is 6.42 Å². The Labute approximate surface area is 70.8 Å². The van der Waals surface area contributed by atoms with Crippen molar-refractivity contribution in [3.8, 4) is 0 Å². The van der Waals surface area contributed by atoms with E-state index in [1.807, 2.05) is 24.3 Å². The molecule has 0 fully saturated rings. The van der Waals surface area contributed by atoms with Crippen LogP contribution in [0.25, 0.3) is 0 Å². The molecule has 0 aromatic heterocycles.